The molecule has 2 aromatic rings. The molecule has 0 atom stereocenters. The first-order valence-electron chi connectivity index (χ1n) is 5.41. The van der Waals surface area contributed by atoms with Gasteiger partial charge in [-0.25, -0.2) is 9.78 Å². The van der Waals surface area contributed by atoms with Gasteiger partial charge in [-0.2, -0.15) is 0 Å². The Morgan fingerprint density at radius 3 is 2.79 bits per heavy atom. The fourth-order valence-electron chi connectivity index (χ4n) is 1.48. The van der Waals surface area contributed by atoms with Gasteiger partial charge in [-0.3, -0.25) is 0 Å². The Bertz CT molecular complexity index is 617. The van der Waals surface area contributed by atoms with E-state index in [0.29, 0.717) is 5.75 Å². The summed E-state index contributed by atoms with van der Waals surface area (Å²) >= 11 is 1.54. The van der Waals surface area contributed by atoms with Crippen molar-refractivity contribution in [3.8, 4) is 11.6 Å². The van der Waals surface area contributed by atoms with Gasteiger partial charge in [0.1, 0.15) is 5.75 Å². The number of para-hydroxylation sites is 1. The quantitative estimate of drug-likeness (QED) is 0.835. The molecule has 0 aliphatic rings. The lowest BCUT2D eigenvalue weighted by atomic mass is 10.2. The molecule has 0 saturated heterocycles. The van der Waals surface area contributed by atoms with E-state index in [1.165, 1.54) is 12.3 Å². The van der Waals surface area contributed by atoms with Crippen molar-refractivity contribution < 1.29 is 14.6 Å². The number of rotatable bonds is 4. The fraction of sp³-hybridized carbons (Fsp3) is 0.0769. The van der Waals surface area contributed by atoms with Crippen LogP contribution in [-0.2, 0) is 0 Å². The SMILES string of the molecule is CSc1ccccc1Oc1ncc(C(=O)O)cc1N. The Morgan fingerprint density at radius 1 is 1.42 bits per heavy atom. The van der Waals surface area contributed by atoms with Crippen LogP contribution in [-0.4, -0.2) is 22.3 Å². The van der Waals surface area contributed by atoms with Crippen LogP contribution in [0.15, 0.2) is 41.4 Å². The number of pyridine rings is 1. The highest BCUT2D eigenvalue weighted by atomic mass is 32.2. The van der Waals surface area contributed by atoms with Gasteiger partial charge in [0.2, 0.25) is 5.88 Å². The number of nitrogens with zero attached hydrogens (tertiary/aromatic N) is 1. The van der Waals surface area contributed by atoms with E-state index in [1.54, 1.807) is 17.8 Å². The number of benzene rings is 1. The van der Waals surface area contributed by atoms with Gasteiger partial charge < -0.3 is 15.6 Å². The number of aromatic carboxylic acids is 1. The molecule has 0 unspecified atom stereocenters. The van der Waals surface area contributed by atoms with E-state index in [2.05, 4.69) is 4.98 Å². The fourth-order valence-corrected chi connectivity index (χ4v) is 2.00. The van der Waals surface area contributed by atoms with Crippen molar-refractivity contribution in [2.75, 3.05) is 12.0 Å². The number of carboxylic acids is 1. The second-order valence-corrected chi connectivity index (χ2v) is 4.52. The van der Waals surface area contributed by atoms with Gasteiger partial charge >= 0.3 is 5.97 Å². The summed E-state index contributed by atoms with van der Waals surface area (Å²) in [7, 11) is 0. The number of hydrogen-bond acceptors (Lipinski definition) is 5. The summed E-state index contributed by atoms with van der Waals surface area (Å²) in [6.07, 6.45) is 3.15. The molecule has 0 aliphatic carbocycles. The molecule has 1 aromatic heterocycles. The topological polar surface area (TPSA) is 85.4 Å². The zero-order valence-electron chi connectivity index (χ0n) is 10.2. The van der Waals surface area contributed by atoms with Gasteiger partial charge in [-0.05, 0) is 24.5 Å². The first-order chi connectivity index (χ1) is 9.11. The Kier molecular flexibility index (Phi) is 3.91. The molecular formula is C13H12N2O3S. The number of thioether (sulfide) groups is 1. The molecule has 6 heteroatoms. The number of ether oxygens (including phenoxy) is 1. The predicted molar refractivity (Wildman–Crippen MR) is 73.9 cm³/mol. The van der Waals surface area contributed by atoms with Crippen LogP contribution in [0.1, 0.15) is 10.4 Å². The van der Waals surface area contributed by atoms with E-state index >= 15 is 0 Å². The van der Waals surface area contributed by atoms with Crippen LogP contribution in [0, 0.1) is 0 Å². The monoisotopic (exact) mass is 276 g/mol. The van der Waals surface area contributed by atoms with Crippen LogP contribution in [0.25, 0.3) is 0 Å². The maximum absolute atomic E-state index is 10.8. The largest absolute Gasteiger partial charge is 0.478 e. The van der Waals surface area contributed by atoms with Crippen molar-refractivity contribution in [3.63, 3.8) is 0 Å². The van der Waals surface area contributed by atoms with Crippen molar-refractivity contribution >= 4 is 23.4 Å². The van der Waals surface area contributed by atoms with Crippen LogP contribution in [0.3, 0.4) is 0 Å². The summed E-state index contributed by atoms with van der Waals surface area (Å²) < 4.78 is 5.62. The van der Waals surface area contributed by atoms with Crippen molar-refractivity contribution in [1.29, 1.82) is 0 Å². The molecule has 0 aliphatic heterocycles. The van der Waals surface area contributed by atoms with E-state index < -0.39 is 5.97 Å². The number of carboxylic acid groups (broad SMARTS) is 1. The van der Waals surface area contributed by atoms with Crippen molar-refractivity contribution in [2.45, 2.75) is 4.90 Å². The molecule has 0 amide bonds. The van der Waals surface area contributed by atoms with Crippen LogP contribution >= 0.6 is 11.8 Å². The van der Waals surface area contributed by atoms with Crippen LogP contribution in [0.4, 0.5) is 5.69 Å². The van der Waals surface area contributed by atoms with Gasteiger partial charge in [-0.1, -0.05) is 12.1 Å². The molecule has 3 N–H and O–H groups in total. The third-order valence-electron chi connectivity index (χ3n) is 2.40. The highest BCUT2D eigenvalue weighted by Crippen LogP contribution is 2.32. The molecule has 98 valence electrons. The first kappa shape index (κ1) is 13.2. The lowest BCUT2D eigenvalue weighted by molar-refractivity contribution is 0.0696. The van der Waals surface area contributed by atoms with Gasteiger partial charge in [0.05, 0.1) is 11.3 Å². The van der Waals surface area contributed by atoms with Gasteiger partial charge in [0, 0.05) is 11.1 Å². The Labute approximate surface area is 114 Å². The van der Waals surface area contributed by atoms with Crippen LogP contribution in [0.5, 0.6) is 11.6 Å². The van der Waals surface area contributed by atoms with E-state index in [1.807, 2.05) is 24.5 Å². The van der Waals surface area contributed by atoms with E-state index in [9.17, 15) is 4.79 Å². The van der Waals surface area contributed by atoms with Gasteiger partial charge in [0.15, 0.2) is 0 Å². The highest BCUT2D eigenvalue weighted by Gasteiger charge is 2.11. The molecule has 0 radical (unpaired) electrons. The second-order valence-electron chi connectivity index (χ2n) is 3.68. The zero-order chi connectivity index (χ0) is 13.8. The summed E-state index contributed by atoms with van der Waals surface area (Å²) in [5.74, 6) is -0.237. The summed E-state index contributed by atoms with van der Waals surface area (Å²) in [4.78, 5) is 15.7. The minimum atomic E-state index is -1.07. The van der Waals surface area contributed by atoms with Crippen LogP contribution < -0.4 is 10.5 Å². The number of aromatic nitrogens is 1. The molecule has 0 fully saturated rings. The number of nitrogen functional groups attached to an aromatic ring is 1. The Balaban J connectivity index is 2.31. The van der Waals surface area contributed by atoms with Gasteiger partial charge in [0.25, 0.3) is 0 Å². The first-order valence-corrected chi connectivity index (χ1v) is 6.64. The smallest absolute Gasteiger partial charge is 0.337 e. The zero-order valence-corrected chi connectivity index (χ0v) is 11.0. The Morgan fingerprint density at radius 2 is 2.16 bits per heavy atom. The number of nitrogens with two attached hydrogens (primary N) is 1. The average Bonchev–Trinajstić information content (AvgIpc) is 2.41. The van der Waals surface area contributed by atoms with Crippen molar-refractivity contribution in [1.82, 2.24) is 4.98 Å². The molecule has 0 saturated carbocycles. The third kappa shape index (κ3) is 2.97. The normalized spacial score (nSPS) is 10.2. The minimum Gasteiger partial charge on any atom is -0.478 e. The van der Waals surface area contributed by atoms with E-state index in [4.69, 9.17) is 15.6 Å². The second kappa shape index (κ2) is 5.62. The lowest BCUT2D eigenvalue weighted by Gasteiger charge is -2.10. The molecule has 2 rings (SSSR count). The Hall–Kier alpha value is -2.21. The maximum Gasteiger partial charge on any atom is 0.337 e. The van der Waals surface area contributed by atoms with E-state index in [-0.39, 0.29) is 17.1 Å². The number of anilines is 1. The molecule has 0 bridgehead atoms. The average molecular weight is 276 g/mol. The molecule has 0 spiro atoms. The molecule has 1 aromatic carbocycles. The number of hydrogen-bond donors (Lipinski definition) is 2. The standard InChI is InChI=1S/C13H12N2O3S/c1-19-11-5-3-2-4-10(11)18-12-9(14)6-8(7-15-12)13(16)17/h2-7H,14H2,1H3,(H,16,17). The predicted octanol–water partition coefficient (Wildman–Crippen LogP) is 2.88. The summed E-state index contributed by atoms with van der Waals surface area (Å²) in [6.45, 7) is 0. The summed E-state index contributed by atoms with van der Waals surface area (Å²) in [6, 6.07) is 8.80. The van der Waals surface area contributed by atoms with Crippen molar-refractivity contribution in [3.05, 3.63) is 42.1 Å². The van der Waals surface area contributed by atoms with E-state index in [0.717, 1.165) is 4.90 Å². The molecule has 5 nitrogen and oxygen atoms in total. The van der Waals surface area contributed by atoms with Gasteiger partial charge in [-0.15, -0.1) is 11.8 Å². The maximum atomic E-state index is 10.8. The summed E-state index contributed by atoms with van der Waals surface area (Å²) in [5.41, 5.74) is 5.96. The molecule has 19 heavy (non-hydrogen) atoms. The highest BCUT2D eigenvalue weighted by molar-refractivity contribution is 7.98. The van der Waals surface area contributed by atoms with Crippen LogP contribution in [0.2, 0.25) is 0 Å². The third-order valence-corrected chi connectivity index (χ3v) is 3.18. The minimum absolute atomic E-state index is 0.0306. The molecular weight excluding hydrogens is 264 g/mol. The summed E-state index contributed by atoms with van der Waals surface area (Å²) in [5, 5.41) is 8.83. The molecule has 1 heterocycles. The van der Waals surface area contributed by atoms with Crippen molar-refractivity contribution in [2.24, 2.45) is 0 Å². The lowest BCUT2D eigenvalue weighted by Crippen LogP contribution is -2.02. The number of carbonyl (C=O) groups is 1.